The second kappa shape index (κ2) is 4.22. The Bertz CT molecular complexity index is 310. The van der Waals surface area contributed by atoms with Crippen LogP contribution in [0.2, 0.25) is 0 Å². The first kappa shape index (κ1) is 11.4. The van der Waals surface area contributed by atoms with Crippen molar-refractivity contribution in [3.05, 3.63) is 0 Å². The van der Waals surface area contributed by atoms with Crippen LogP contribution in [0.25, 0.3) is 0 Å². The lowest BCUT2D eigenvalue weighted by atomic mass is 10.1. The average molecular weight is 224 g/mol. The van der Waals surface area contributed by atoms with Gasteiger partial charge in [-0.15, -0.1) is 0 Å². The molecule has 5 nitrogen and oxygen atoms in total. The molecule has 7 heteroatoms. The van der Waals surface area contributed by atoms with Crippen LogP contribution in [0.5, 0.6) is 0 Å². The van der Waals surface area contributed by atoms with Crippen LogP contribution in [0.4, 0.5) is 4.39 Å². The van der Waals surface area contributed by atoms with Gasteiger partial charge in [-0.1, -0.05) is 0 Å². The maximum Gasteiger partial charge on any atom is 0.271 e. The molecule has 1 aliphatic rings. The summed E-state index contributed by atoms with van der Waals surface area (Å²) >= 11 is 0. The number of carbonyl (C=O) groups is 1. The van der Waals surface area contributed by atoms with Crippen LogP contribution < -0.4 is 0 Å². The number of piperidine rings is 1. The first-order valence-electron chi connectivity index (χ1n) is 4.30. The van der Waals surface area contributed by atoms with Crippen molar-refractivity contribution in [1.82, 2.24) is 4.90 Å². The van der Waals surface area contributed by atoms with E-state index in [4.69, 9.17) is 0 Å². The molecule has 0 spiro atoms. The second-order valence-electron chi connectivity index (χ2n) is 3.19. The normalized spacial score (nSPS) is 20.6. The second-order valence-corrected chi connectivity index (χ2v) is 4.59. The lowest BCUT2D eigenvalue weighted by Crippen LogP contribution is -2.43. The Morgan fingerprint density at radius 3 is 2.21 bits per heavy atom. The minimum atomic E-state index is -5.16. The number of nitrogens with zero attached hydrogens (tertiary/aromatic N) is 1. The highest BCUT2D eigenvalue weighted by Crippen LogP contribution is 2.13. The zero-order chi connectivity index (χ0) is 10.8. The fraction of sp³-hybridized carbons (Fsp3) is 0.857. The largest absolute Gasteiger partial charge is 0.745 e. The van der Waals surface area contributed by atoms with Crippen LogP contribution in [0.3, 0.4) is 0 Å². The van der Waals surface area contributed by atoms with Gasteiger partial charge < -0.3 is 9.45 Å². The minimum Gasteiger partial charge on any atom is -0.745 e. The van der Waals surface area contributed by atoms with Crippen molar-refractivity contribution in [2.75, 3.05) is 13.1 Å². The molecule has 14 heavy (non-hydrogen) atoms. The molecule has 1 amide bonds. The van der Waals surface area contributed by atoms with Crippen molar-refractivity contribution in [2.24, 2.45) is 0 Å². The van der Waals surface area contributed by atoms with Crippen LogP contribution >= 0.6 is 0 Å². The van der Waals surface area contributed by atoms with E-state index in [1.807, 2.05) is 0 Å². The molecular formula is C7H11FNO4S-. The molecule has 0 aromatic rings. The molecule has 0 aliphatic carbocycles. The van der Waals surface area contributed by atoms with E-state index in [1.54, 1.807) is 0 Å². The maximum atomic E-state index is 12.8. The van der Waals surface area contributed by atoms with E-state index in [1.165, 1.54) is 0 Å². The summed E-state index contributed by atoms with van der Waals surface area (Å²) in [6, 6.07) is 0. The predicted molar refractivity (Wildman–Crippen MR) is 45.0 cm³/mol. The van der Waals surface area contributed by atoms with E-state index in [0.717, 1.165) is 24.2 Å². The topological polar surface area (TPSA) is 77.5 Å². The SMILES string of the molecule is O=C(C(F)S(=O)(=O)[O-])N1CCCCC1. The molecule has 0 aromatic carbocycles. The fourth-order valence-electron chi connectivity index (χ4n) is 1.38. The standard InChI is InChI=1S/C7H12FNO4S/c8-6(14(11,12)13)7(10)9-4-2-1-3-5-9/h6H,1-5H2,(H,11,12,13)/p-1. The number of halogens is 1. The monoisotopic (exact) mass is 224 g/mol. The lowest BCUT2D eigenvalue weighted by Gasteiger charge is -2.28. The molecule has 0 radical (unpaired) electrons. The number of carbonyl (C=O) groups excluding carboxylic acids is 1. The van der Waals surface area contributed by atoms with Crippen molar-refractivity contribution in [2.45, 2.75) is 24.8 Å². The molecule has 1 heterocycles. The van der Waals surface area contributed by atoms with Crippen molar-refractivity contribution in [1.29, 1.82) is 0 Å². The molecule has 0 N–H and O–H groups in total. The van der Waals surface area contributed by atoms with Gasteiger partial charge >= 0.3 is 0 Å². The molecular weight excluding hydrogens is 213 g/mol. The lowest BCUT2D eigenvalue weighted by molar-refractivity contribution is -0.134. The smallest absolute Gasteiger partial charge is 0.271 e. The predicted octanol–water partition coefficient (Wildman–Crippen LogP) is -0.160. The summed E-state index contributed by atoms with van der Waals surface area (Å²) in [5.74, 6) is -1.22. The summed E-state index contributed by atoms with van der Waals surface area (Å²) < 4.78 is 43.5. The third-order valence-corrected chi connectivity index (χ3v) is 2.82. The van der Waals surface area contributed by atoms with Crippen LogP contribution in [-0.2, 0) is 14.9 Å². The molecule has 0 saturated carbocycles. The molecule has 1 rings (SSSR count). The average Bonchev–Trinajstić information content (AvgIpc) is 2.15. The van der Waals surface area contributed by atoms with Crippen molar-refractivity contribution in [3.8, 4) is 0 Å². The van der Waals surface area contributed by atoms with E-state index in [-0.39, 0.29) is 0 Å². The highest BCUT2D eigenvalue weighted by molar-refractivity contribution is 7.87. The number of amides is 1. The summed E-state index contributed by atoms with van der Waals surface area (Å²) in [5, 5.41) is 0. The Morgan fingerprint density at radius 1 is 1.29 bits per heavy atom. The third kappa shape index (κ3) is 2.65. The number of alkyl halides is 1. The number of rotatable bonds is 2. The van der Waals surface area contributed by atoms with Gasteiger partial charge in [-0.05, 0) is 19.3 Å². The Hall–Kier alpha value is -0.690. The minimum absolute atomic E-state index is 0.328. The first-order valence-corrected chi connectivity index (χ1v) is 5.77. The molecule has 1 saturated heterocycles. The Morgan fingerprint density at radius 2 is 1.79 bits per heavy atom. The first-order chi connectivity index (χ1) is 6.43. The zero-order valence-corrected chi connectivity index (χ0v) is 8.30. The molecule has 82 valence electrons. The maximum absolute atomic E-state index is 12.8. The van der Waals surface area contributed by atoms with Crippen LogP contribution in [-0.4, -0.2) is 42.4 Å². The van der Waals surface area contributed by atoms with Crippen molar-refractivity contribution in [3.63, 3.8) is 0 Å². The van der Waals surface area contributed by atoms with Crippen LogP contribution in [0.1, 0.15) is 19.3 Å². The summed E-state index contributed by atoms with van der Waals surface area (Å²) in [5.41, 5.74) is -2.94. The van der Waals surface area contributed by atoms with E-state index in [0.29, 0.717) is 13.1 Å². The van der Waals surface area contributed by atoms with Gasteiger partial charge in [0.05, 0.1) is 0 Å². The Labute approximate surface area is 81.6 Å². The molecule has 1 atom stereocenters. The van der Waals surface area contributed by atoms with Gasteiger partial charge in [0.15, 0.2) is 0 Å². The van der Waals surface area contributed by atoms with Gasteiger partial charge in [0.25, 0.3) is 11.4 Å². The summed E-state index contributed by atoms with van der Waals surface area (Å²) in [6.07, 6.45) is 2.37. The number of likely N-dealkylation sites (tertiary alicyclic amines) is 1. The van der Waals surface area contributed by atoms with Crippen LogP contribution in [0, 0.1) is 0 Å². The van der Waals surface area contributed by atoms with Gasteiger partial charge in [-0.2, -0.15) is 0 Å². The third-order valence-electron chi connectivity index (χ3n) is 2.12. The molecule has 1 fully saturated rings. The highest BCUT2D eigenvalue weighted by atomic mass is 32.2. The summed E-state index contributed by atoms with van der Waals surface area (Å²) in [4.78, 5) is 12.2. The fourth-order valence-corrected chi connectivity index (χ4v) is 1.78. The van der Waals surface area contributed by atoms with Gasteiger partial charge in [0, 0.05) is 13.1 Å². The van der Waals surface area contributed by atoms with Crippen molar-refractivity contribution < 1.29 is 22.2 Å². The van der Waals surface area contributed by atoms with E-state index in [9.17, 15) is 22.2 Å². The molecule has 0 aromatic heterocycles. The van der Waals surface area contributed by atoms with Crippen LogP contribution in [0.15, 0.2) is 0 Å². The van der Waals surface area contributed by atoms with Crippen molar-refractivity contribution >= 4 is 16.0 Å². The molecule has 0 bridgehead atoms. The quantitative estimate of drug-likeness (QED) is 0.610. The van der Waals surface area contributed by atoms with E-state index < -0.39 is 21.5 Å². The summed E-state index contributed by atoms with van der Waals surface area (Å²) in [6.45, 7) is 0.656. The number of hydrogen-bond donors (Lipinski definition) is 0. The van der Waals surface area contributed by atoms with Gasteiger partial charge in [-0.3, -0.25) is 4.79 Å². The van der Waals surface area contributed by atoms with Gasteiger partial charge in [0.2, 0.25) is 0 Å². The van der Waals surface area contributed by atoms with Gasteiger partial charge in [-0.25, -0.2) is 12.8 Å². The Kier molecular flexibility index (Phi) is 3.43. The van der Waals surface area contributed by atoms with Gasteiger partial charge in [0.1, 0.15) is 10.1 Å². The molecule has 1 aliphatic heterocycles. The Balaban J connectivity index is 2.64. The van der Waals surface area contributed by atoms with E-state index in [2.05, 4.69) is 0 Å². The zero-order valence-electron chi connectivity index (χ0n) is 7.48. The highest BCUT2D eigenvalue weighted by Gasteiger charge is 2.29. The number of hydrogen-bond acceptors (Lipinski definition) is 4. The van der Waals surface area contributed by atoms with E-state index >= 15 is 0 Å². The summed E-state index contributed by atoms with van der Waals surface area (Å²) in [7, 11) is -5.16. The molecule has 1 unspecified atom stereocenters.